The molecule has 5 nitrogen and oxygen atoms in total. The second kappa shape index (κ2) is 8.83. The third kappa shape index (κ3) is 5.31. The van der Waals surface area contributed by atoms with E-state index < -0.39 is 0 Å². The lowest BCUT2D eigenvalue weighted by Gasteiger charge is -2.24. The summed E-state index contributed by atoms with van der Waals surface area (Å²) in [5.41, 5.74) is 2.74. The van der Waals surface area contributed by atoms with Crippen molar-refractivity contribution in [1.82, 2.24) is 15.8 Å². The Balaban J connectivity index is 1.99. The van der Waals surface area contributed by atoms with Crippen molar-refractivity contribution in [1.29, 1.82) is 0 Å². The van der Waals surface area contributed by atoms with Crippen molar-refractivity contribution < 1.29 is 8.91 Å². The van der Waals surface area contributed by atoms with E-state index in [0.29, 0.717) is 6.54 Å². The molecule has 0 aliphatic rings. The van der Waals surface area contributed by atoms with Crippen molar-refractivity contribution in [3.8, 4) is 0 Å². The van der Waals surface area contributed by atoms with Crippen LogP contribution in [0.2, 0.25) is 0 Å². The molecule has 0 unspecified atom stereocenters. The maximum atomic E-state index is 13.5. The Bertz CT molecular complexity index is 733. The molecule has 1 heterocycles. The number of aromatic nitrogens is 1. The van der Waals surface area contributed by atoms with Crippen LogP contribution in [0.1, 0.15) is 43.4 Å². The van der Waals surface area contributed by atoms with Crippen LogP contribution in [0.3, 0.4) is 0 Å². The molecule has 0 aliphatic heterocycles. The summed E-state index contributed by atoms with van der Waals surface area (Å²) < 4.78 is 18.7. The van der Waals surface area contributed by atoms with E-state index in [2.05, 4.69) is 34.6 Å². The lowest BCUT2D eigenvalue weighted by atomic mass is 9.85. The summed E-state index contributed by atoms with van der Waals surface area (Å²) in [5, 5.41) is 10.6. The Morgan fingerprint density at radius 1 is 1.27 bits per heavy atom. The summed E-state index contributed by atoms with van der Waals surface area (Å²) in [5.74, 6) is 1.39. The molecule has 2 N–H and O–H groups in total. The quantitative estimate of drug-likeness (QED) is 0.586. The van der Waals surface area contributed by atoms with Crippen LogP contribution in [0, 0.1) is 19.7 Å². The van der Waals surface area contributed by atoms with Crippen LogP contribution in [0.5, 0.6) is 0 Å². The topological polar surface area (TPSA) is 62.5 Å². The van der Waals surface area contributed by atoms with Gasteiger partial charge in [-0.3, -0.25) is 4.99 Å². The Morgan fingerprint density at radius 2 is 2.04 bits per heavy atom. The van der Waals surface area contributed by atoms with Gasteiger partial charge in [-0.1, -0.05) is 31.1 Å². The molecular formula is C20H29FN4O. The van der Waals surface area contributed by atoms with E-state index in [1.807, 2.05) is 26.8 Å². The van der Waals surface area contributed by atoms with Gasteiger partial charge in [-0.15, -0.1) is 0 Å². The molecule has 1 aromatic carbocycles. The summed E-state index contributed by atoms with van der Waals surface area (Å²) in [7, 11) is 0. The summed E-state index contributed by atoms with van der Waals surface area (Å²) >= 11 is 0. The van der Waals surface area contributed by atoms with Crippen molar-refractivity contribution >= 4 is 5.96 Å². The molecule has 6 heteroatoms. The number of rotatable bonds is 7. The minimum atomic E-state index is -0.258. The zero-order valence-corrected chi connectivity index (χ0v) is 16.3. The van der Waals surface area contributed by atoms with Crippen LogP contribution < -0.4 is 10.6 Å². The molecule has 0 bridgehead atoms. The Hall–Kier alpha value is -2.37. The molecule has 26 heavy (non-hydrogen) atoms. The van der Waals surface area contributed by atoms with Crippen molar-refractivity contribution in [3.63, 3.8) is 0 Å². The lowest BCUT2D eigenvalue weighted by Crippen LogP contribution is -2.39. The molecule has 0 radical (unpaired) electrons. The van der Waals surface area contributed by atoms with Crippen molar-refractivity contribution in [2.45, 2.75) is 46.5 Å². The van der Waals surface area contributed by atoms with Gasteiger partial charge >= 0.3 is 0 Å². The normalized spacial score (nSPS) is 12.3. The number of halogens is 1. The average molecular weight is 360 g/mol. The first-order valence-corrected chi connectivity index (χ1v) is 9.03. The highest BCUT2D eigenvalue weighted by molar-refractivity contribution is 5.79. The first-order valence-electron chi connectivity index (χ1n) is 9.03. The third-order valence-corrected chi connectivity index (χ3v) is 4.43. The zero-order chi connectivity index (χ0) is 19.2. The molecule has 0 amide bonds. The van der Waals surface area contributed by atoms with Gasteiger partial charge in [0.2, 0.25) is 0 Å². The van der Waals surface area contributed by atoms with Crippen LogP contribution in [-0.4, -0.2) is 30.8 Å². The van der Waals surface area contributed by atoms with E-state index in [-0.39, 0.29) is 11.2 Å². The molecule has 0 spiro atoms. The molecule has 0 saturated heterocycles. The third-order valence-electron chi connectivity index (χ3n) is 4.43. The van der Waals surface area contributed by atoms with E-state index >= 15 is 0 Å². The van der Waals surface area contributed by atoms with Crippen LogP contribution in [0.25, 0.3) is 0 Å². The first-order chi connectivity index (χ1) is 12.3. The zero-order valence-electron chi connectivity index (χ0n) is 16.3. The molecule has 0 saturated carbocycles. The number of nitrogens with one attached hydrogen (secondary N) is 2. The molecule has 1 aromatic heterocycles. The highest BCUT2D eigenvalue weighted by Crippen LogP contribution is 2.24. The van der Waals surface area contributed by atoms with Crippen molar-refractivity contribution in [3.05, 3.63) is 52.7 Å². The highest BCUT2D eigenvalue weighted by atomic mass is 19.1. The van der Waals surface area contributed by atoms with Crippen molar-refractivity contribution in [2.75, 3.05) is 19.6 Å². The second-order valence-corrected chi connectivity index (χ2v) is 7.07. The SMILES string of the molecule is CCNC(=NCC(C)(C)c1cccc(F)c1)NCCc1c(C)noc1C. The Kier molecular flexibility index (Phi) is 6.77. The molecule has 2 aromatic rings. The van der Waals surface area contributed by atoms with Gasteiger partial charge in [-0.05, 0) is 44.9 Å². The van der Waals surface area contributed by atoms with Gasteiger partial charge < -0.3 is 15.2 Å². The molecule has 2 rings (SSSR count). The minimum absolute atomic E-state index is 0.218. The fourth-order valence-corrected chi connectivity index (χ4v) is 2.78. The maximum absolute atomic E-state index is 13.5. The predicted molar refractivity (Wildman–Crippen MR) is 103 cm³/mol. The van der Waals surface area contributed by atoms with Gasteiger partial charge in [0, 0.05) is 24.1 Å². The van der Waals surface area contributed by atoms with Gasteiger partial charge in [0.05, 0.1) is 12.2 Å². The number of hydrogen-bond donors (Lipinski definition) is 2. The van der Waals surface area contributed by atoms with E-state index in [4.69, 9.17) is 4.52 Å². The first kappa shape index (κ1) is 19.9. The minimum Gasteiger partial charge on any atom is -0.361 e. The smallest absolute Gasteiger partial charge is 0.191 e. The summed E-state index contributed by atoms with van der Waals surface area (Å²) in [4.78, 5) is 4.69. The fourth-order valence-electron chi connectivity index (χ4n) is 2.78. The Morgan fingerprint density at radius 3 is 2.65 bits per heavy atom. The number of aliphatic imine (C=N–C) groups is 1. The van der Waals surface area contributed by atoms with E-state index in [1.165, 1.54) is 6.07 Å². The van der Waals surface area contributed by atoms with Gasteiger partial charge in [0.1, 0.15) is 11.6 Å². The van der Waals surface area contributed by atoms with E-state index in [9.17, 15) is 4.39 Å². The lowest BCUT2D eigenvalue weighted by molar-refractivity contribution is 0.392. The second-order valence-electron chi connectivity index (χ2n) is 7.07. The fraction of sp³-hybridized carbons (Fsp3) is 0.500. The molecule has 0 atom stereocenters. The average Bonchev–Trinajstić information content (AvgIpc) is 2.91. The van der Waals surface area contributed by atoms with Crippen LogP contribution in [0.15, 0.2) is 33.8 Å². The van der Waals surface area contributed by atoms with Gasteiger partial charge in [0.25, 0.3) is 0 Å². The number of nitrogens with zero attached hydrogens (tertiary/aromatic N) is 2. The van der Waals surface area contributed by atoms with Gasteiger partial charge in [0.15, 0.2) is 5.96 Å². The number of guanidine groups is 1. The number of aryl methyl sites for hydroxylation is 2. The molecule has 0 fully saturated rings. The largest absolute Gasteiger partial charge is 0.361 e. The molecular weight excluding hydrogens is 331 g/mol. The maximum Gasteiger partial charge on any atom is 0.191 e. The van der Waals surface area contributed by atoms with Crippen LogP contribution >= 0.6 is 0 Å². The van der Waals surface area contributed by atoms with E-state index in [1.54, 1.807) is 12.1 Å². The summed E-state index contributed by atoms with van der Waals surface area (Å²) in [6.45, 7) is 12.1. The van der Waals surface area contributed by atoms with Gasteiger partial charge in [-0.25, -0.2) is 4.39 Å². The highest BCUT2D eigenvalue weighted by Gasteiger charge is 2.21. The molecule has 0 aliphatic carbocycles. The Labute approximate surface area is 155 Å². The summed E-state index contributed by atoms with van der Waals surface area (Å²) in [6, 6.07) is 6.72. The van der Waals surface area contributed by atoms with Gasteiger partial charge in [-0.2, -0.15) is 0 Å². The van der Waals surface area contributed by atoms with Crippen molar-refractivity contribution in [2.24, 2.45) is 4.99 Å². The standard InChI is InChI=1S/C20H29FN4O/c1-6-22-19(23-11-10-18-14(2)25-26-15(18)3)24-13-20(4,5)16-8-7-9-17(21)12-16/h7-9,12H,6,10-11,13H2,1-5H3,(H2,22,23,24). The number of hydrogen-bond acceptors (Lipinski definition) is 3. The monoisotopic (exact) mass is 360 g/mol. The van der Waals surface area contributed by atoms with Crippen LogP contribution in [0.4, 0.5) is 4.39 Å². The van der Waals surface area contributed by atoms with Crippen LogP contribution in [-0.2, 0) is 11.8 Å². The molecule has 142 valence electrons. The number of benzene rings is 1. The van der Waals surface area contributed by atoms with E-state index in [0.717, 1.165) is 48.1 Å². The predicted octanol–water partition coefficient (Wildman–Crippen LogP) is 3.51. The summed E-state index contributed by atoms with van der Waals surface area (Å²) in [6.07, 6.45) is 0.818.